The molecule has 1 aromatic carbocycles. The Morgan fingerprint density at radius 3 is 2.47 bits per heavy atom. The number of carboxylic acid groups (broad SMARTS) is 1. The van der Waals surface area contributed by atoms with E-state index in [1.54, 1.807) is 31.4 Å². The van der Waals surface area contributed by atoms with Crippen LogP contribution in [0.4, 0.5) is 0 Å². The van der Waals surface area contributed by atoms with Gasteiger partial charge in [-0.2, -0.15) is 0 Å². The fourth-order valence-corrected chi connectivity index (χ4v) is 1.36. The van der Waals surface area contributed by atoms with Gasteiger partial charge in [0.2, 0.25) is 5.89 Å². The lowest BCUT2D eigenvalue weighted by atomic mass is 10.3. The highest BCUT2D eigenvalue weighted by atomic mass is 16.5. The average molecular weight is 264 g/mol. The molecule has 0 atom stereocenters. The molecule has 2 rings (SSSR count). The van der Waals surface area contributed by atoms with Crippen LogP contribution >= 0.6 is 0 Å². The van der Waals surface area contributed by atoms with Crippen LogP contribution in [0.5, 0.6) is 11.5 Å². The zero-order valence-electron chi connectivity index (χ0n) is 10.2. The summed E-state index contributed by atoms with van der Waals surface area (Å²) in [4.78, 5) is 10.4. The number of rotatable bonds is 6. The summed E-state index contributed by atoms with van der Waals surface area (Å²) in [5, 5.41) is 15.8. The van der Waals surface area contributed by atoms with Crippen molar-refractivity contribution in [3.8, 4) is 11.5 Å². The van der Waals surface area contributed by atoms with Crippen LogP contribution in [-0.2, 0) is 17.8 Å². The Labute approximate surface area is 108 Å². The molecule has 0 radical (unpaired) electrons. The molecule has 1 aromatic heterocycles. The summed E-state index contributed by atoms with van der Waals surface area (Å²) in [6.07, 6.45) is -0.296. The molecule has 0 aliphatic heterocycles. The van der Waals surface area contributed by atoms with Crippen molar-refractivity contribution in [1.82, 2.24) is 10.2 Å². The molecule has 0 unspecified atom stereocenters. The van der Waals surface area contributed by atoms with Gasteiger partial charge in [-0.3, -0.25) is 4.79 Å². The Morgan fingerprint density at radius 1 is 1.21 bits per heavy atom. The van der Waals surface area contributed by atoms with Crippen LogP contribution in [0.2, 0.25) is 0 Å². The smallest absolute Gasteiger partial charge is 0.312 e. The Bertz CT molecular complexity index is 550. The summed E-state index contributed by atoms with van der Waals surface area (Å²) in [5.74, 6) is 0.617. The molecule has 2 aromatic rings. The summed E-state index contributed by atoms with van der Waals surface area (Å²) in [7, 11) is 1.58. The molecule has 100 valence electrons. The number of hydrogen-bond donors (Lipinski definition) is 1. The summed E-state index contributed by atoms with van der Waals surface area (Å²) in [6, 6.07) is 7.01. The first-order valence-electron chi connectivity index (χ1n) is 5.47. The second kappa shape index (κ2) is 5.85. The number of methoxy groups -OCH3 is 1. The maximum Gasteiger partial charge on any atom is 0.312 e. The van der Waals surface area contributed by atoms with E-state index in [0.717, 1.165) is 5.75 Å². The molecular weight excluding hydrogens is 252 g/mol. The second-order valence-electron chi connectivity index (χ2n) is 3.62. The number of ether oxygens (including phenoxy) is 2. The van der Waals surface area contributed by atoms with Crippen molar-refractivity contribution >= 4 is 5.97 Å². The summed E-state index contributed by atoms with van der Waals surface area (Å²) < 4.78 is 15.5. The SMILES string of the molecule is COc1ccc(OCc2nnc(CC(=O)O)o2)cc1. The third-order valence-corrected chi connectivity index (χ3v) is 2.23. The number of aromatic nitrogens is 2. The van der Waals surface area contributed by atoms with Crippen molar-refractivity contribution in [2.24, 2.45) is 0 Å². The molecule has 19 heavy (non-hydrogen) atoms. The van der Waals surface area contributed by atoms with Gasteiger partial charge >= 0.3 is 5.97 Å². The lowest BCUT2D eigenvalue weighted by Crippen LogP contribution is -1.99. The van der Waals surface area contributed by atoms with Crippen molar-refractivity contribution < 1.29 is 23.8 Å². The van der Waals surface area contributed by atoms with Gasteiger partial charge in [0, 0.05) is 0 Å². The monoisotopic (exact) mass is 264 g/mol. The maximum atomic E-state index is 10.4. The van der Waals surface area contributed by atoms with E-state index in [2.05, 4.69) is 10.2 Å². The number of nitrogens with zero attached hydrogens (tertiary/aromatic N) is 2. The minimum absolute atomic E-state index is 0.0563. The molecular formula is C12H12N2O5. The highest BCUT2D eigenvalue weighted by Crippen LogP contribution is 2.18. The van der Waals surface area contributed by atoms with Gasteiger partial charge in [0.05, 0.1) is 7.11 Å². The number of carboxylic acids is 1. The predicted molar refractivity (Wildman–Crippen MR) is 63.0 cm³/mol. The minimum Gasteiger partial charge on any atom is -0.497 e. The first-order valence-corrected chi connectivity index (χ1v) is 5.47. The lowest BCUT2D eigenvalue weighted by Gasteiger charge is -2.04. The molecule has 7 heteroatoms. The van der Waals surface area contributed by atoms with Gasteiger partial charge in [0.1, 0.15) is 17.9 Å². The van der Waals surface area contributed by atoms with Crippen LogP contribution in [0.1, 0.15) is 11.8 Å². The van der Waals surface area contributed by atoms with Crippen LogP contribution in [0.3, 0.4) is 0 Å². The fraction of sp³-hybridized carbons (Fsp3) is 0.250. The summed E-state index contributed by atoms with van der Waals surface area (Å²) >= 11 is 0. The molecule has 0 amide bonds. The Morgan fingerprint density at radius 2 is 1.84 bits per heavy atom. The number of benzene rings is 1. The van der Waals surface area contributed by atoms with E-state index < -0.39 is 5.97 Å². The van der Waals surface area contributed by atoms with Crippen LogP contribution in [0.15, 0.2) is 28.7 Å². The van der Waals surface area contributed by atoms with Crippen LogP contribution < -0.4 is 9.47 Å². The molecule has 0 bridgehead atoms. The molecule has 0 fully saturated rings. The van der Waals surface area contributed by atoms with E-state index in [1.807, 2.05) is 0 Å². The first kappa shape index (κ1) is 12.9. The van der Waals surface area contributed by atoms with Gasteiger partial charge in [0.25, 0.3) is 5.89 Å². The standard InChI is InChI=1S/C12H12N2O5/c1-17-8-2-4-9(5-3-8)18-7-11-14-13-10(19-11)6-12(15)16/h2-5H,6-7H2,1H3,(H,15,16). The molecule has 0 aliphatic carbocycles. The predicted octanol–water partition coefficient (Wildman–Crippen LogP) is 1.28. The molecule has 0 spiro atoms. The molecule has 1 N–H and O–H groups in total. The van der Waals surface area contributed by atoms with E-state index in [9.17, 15) is 4.79 Å². The summed E-state index contributed by atoms with van der Waals surface area (Å²) in [5.41, 5.74) is 0. The third kappa shape index (κ3) is 3.70. The van der Waals surface area contributed by atoms with Crippen LogP contribution in [0, 0.1) is 0 Å². The van der Waals surface area contributed by atoms with Crippen LogP contribution in [0.25, 0.3) is 0 Å². The quantitative estimate of drug-likeness (QED) is 0.839. The summed E-state index contributed by atoms with van der Waals surface area (Å²) in [6.45, 7) is 0.0823. The van der Waals surface area contributed by atoms with Gasteiger partial charge in [0.15, 0.2) is 6.61 Å². The first-order chi connectivity index (χ1) is 9.17. The largest absolute Gasteiger partial charge is 0.497 e. The molecule has 0 saturated carbocycles. The number of carbonyl (C=O) groups is 1. The second-order valence-corrected chi connectivity index (χ2v) is 3.62. The molecule has 7 nitrogen and oxygen atoms in total. The van der Waals surface area contributed by atoms with Gasteiger partial charge in [-0.1, -0.05) is 0 Å². The van der Waals surface area contributed by atoms with Gasteiger partial charge in [-0.05, 0) is 24.3 Å². The van der Waals surface area contributed by atoms with Crippen molar-refractivity contribution in [1.29, 1.82) is 0 Å². The van der Waals surface area contributed by atoms with E-state index in [1.165, 1.54) is 0 Å². The van der Waals surface area contributed by atoms with Crippen molar-refractivity contribution in [3.05, 3.63) is 36.0 Å². The third-order valence-electron chi connectivity index (χ3n) is 2.23. The topological polar surface area (TPSA) is 94.7 Å². The van der Waals surface area contributed by atoms with Crippen molar-refractivity contribution in [3.63, 3.8) is 0 Å². The zero-order chi connectivity index (χ0) is 13.7. The molecule has 1 heterocycles. The van der Waals surface area contributed by atoms with Gasteiger partial charge in [-0.25, -0.2) is 0 Å². The van der Waals surface area contributed by atoms with Gasteiger partial charge < -0.3 is 19.0 Å². The molecule has 0 saturated heterocycles. The van der Waals surface area contributed by atoms with Crippen molar-refractivity contribution in [2.45, 2.75) is 13.0 Å². The van der Waals surface area contributed by atoms with Gasteiger partial charge in [-0.15, -0.1) is 10.2 Å². The number of aliphatic carboxylic acids is 1. The Kier molecular flexibility index (Phi) is 3.97. The highest BCUT2D eigenvalue weighted by molar-refractivity contribution is 5.68. The maximum absolute atomic E-state index is 10.4. The number of hydrogen-bond acceptors (Lipinski definition) is 6. The highest BCUT2D eigenvalue weighted by Gasteiger charge is 2.10. The van der Waals surface area contributed by atoms with E-state index >= 15 is 0 Å². The normalized spacial score (nSPS) is 10.2. The Hall–Kier alpha value is -2.57. The average Bonchev–Trinajstić information content (AvgIpc) is 2.84. The Balaban J connectivity index is 1.90. The minimum atomic E-state index is -1.02. The van der Waals surface area contributed by atoms with E-state index in [0.29, 0.717) is 5.75 Å². The zero-order valence-corrected chi connectivity index (χ0v) is 10.2. The lowest BCUT2D eigenvalue weighted by molar-refractivity contribution is -0.136. The van der Waals surface area contributed by atoms with Crippen LogP contribution in [-0.4, -0.2) is 28.4 Å². The fourth-order valence-electron chi connectivity index (χ4n) is 1.36. The van der Waals surface area contributed by atoms with E-state index in [-0.39, 0.29) is 24.8 Å². The molecule has 0 aliphatic rings. The van der Waals surface area contributed by atoms with Crippen molar-refractivity contribution in [2.75, 3.05) is 7.11 Å². The van der Waals surface area contributed by atoms with E-state index in [4.69, 9.17) is 19.0 Å².